The Hall–Kier alpha value is -1.64. The summed E-state index contributed by atoms with van der Waals surface area (Å²) < 4.78 is 34.5. The second-order valence-electron chi connectivity index (χ2n) is 8.19. The number of carbonyl (C=O) groups excluding carboxylic acids is 1. The molecule has 1 amide bonds. The molecule has 162 valence electrons. The van der Waals surface area contributed by atoms with E-state index < -0.39 is 10.2 Å². The minimum Gasteiger partial charge on any atom is -0.491 e. The fourth-order valence-electron chi connectivity index (χ4n) is 3.92. The highest BCUT2D eigenvalue weighted by atomic mass is 32.2. The van der Waals surface area contributed by atoms with Crippen molar-refractivity contribution in [1.29, 1.82) is 0 Å². The van der Waals surface area contributed by atoms with Crippen LogP contribution in [0, 0.1) is 5.92 Å². The maximum absolute atomic E-state index is 12.9. The van der Waals surface area contributed by atoms with E-state index in [1.54, 1.807) is 4.31 Å². The number of carbonyl (C=O) groups is 1. The van der Waals surface area contributed by atoms with Gasteiger partial charge in [-0.25, -0.2) is 0 Å². The largest absolute Gasteiger partial charge is 0.491 e. The predicted molar refractivity (Wildman–Crippen MR) is 113 cm³/mol. The number of benzene rings is 1. The van der Waals surface area contributed by atoms with Gasteiger partial charge in [-0.15, -0.1) is 0 Å². The van der Waals surface area contributed by atoms with Crippen LogP contribution in [-0.2, 0) is 21.5 Å². The zero-order chi connectivity index (χ0) is 20.9. The van der Waals surface area contributed by atoms with Gasteiger partial charge < -0.3 is 10.1 Å². The molecule has 2 heterocycles. The number of nitrogens with zero attached hydrogens (tertiary/aromatic N) is 2. The van der Waals surface area contributed by atoms with Gasteiger partial charge in [0.05, 0.1) is 12.0 Å². The van der Waals surface area contributed by atoms with Crippen molar-refractivity contribution in [1.82, 2.24) is 13.9 Å². The quantitative estimate of drug-likeness (QED) is 0.731. The summed E-state index contributed by atoms with van der Waals surface area (Å²) in [7, 11) is -3.46. The molecule has 8 heteroatoms. The van der Waals surface area contributed by atoms with Crippen LogP contribution in [0.4, 0.5) is 0 Å². The summed E-state index contributed by atoms with van der Waals surface area (Å²) in [6, 6.07) is 7.67. The first-order valence-electron chi connectivity index (χ1n) is 10.6. The van der Waals surface area contributed by atoms with Gasteiger partial charge in [0.15, 0.2) is 0 Å². The number of ether oxygens (including phenoxy) is 1. The van der Waals surface area contributed by atoms with Gasteiger partial charge in [-0.2, -0.15) is 17.0 Å². The molecule has 1 N–H and O–H groups in total. The Morgan fingerprint density at radius 1 is 1.07 bits per heavy atom. The molecule has 2 aliphatic rings. The van der Waals surface area contributed by atoms with Crippen LogP contribution in [-0.4, -0.2) is 55.2 Å². The van der Waals surface area contributed by atoms with Gasteiger partial charge >= 0.3 is 0 Å². The maximum atomic E-state index is 12.9. The molecule has 1 aromatic carbocycles. The van der Waals surface area contributed by atoms with Gasteiger partial charge in [0.25, 0.3) is 10.2 Å². The molecule has 2 saturated heterocycles. The SMILES string of the molecule is CC(C)Oc1ccc(CNC(=O)C2CCCN(S(=O)(=O)N3CCCCC3)C2)cc1. The molecule has 7 nitrogen and oxygen atoms in total. The van der Waals surface area contributed by atoms with E-state index in [4.69, 9.17) is 4.74 Å². The molecular weight excluding hydrogens is 390 g/mol. The summed E-state index contributed by atoms with van der Waals surface area (Å²) in [6.07, 6.45) is 4.47. The third kappa shape index (κ3) is 5.93. The molecule has 0 aliphatic carbocycles. The molecule has 1 atom stereocenters. The fraction of sp³-hybridized carbons (Fsp3) is 0.667. The van der Waals surface area contributed by atoms with E-state index >= 15 is 0 Å². The highest BCUT2D eigenvalue weighted by molar-refractivity contribution is 7.86. The molecule has 1 unspecified atom stereocenters. The van der Waals surface area contributed by atoms with Crippen LogP contribution >= 0.6 is 0 Å². The van der Waals surface area contributed by atoms with Crippen molar-refractivity contribution in [2.45, 2.75) is 58.6 Å². The summed E-state index contributed by atoms with van der Waals surface area (Å²) in [6.45, 7) is 6.33. The van der Waals surface area contributed by atoms with E-state index in [1.165, 1.54) is 4.31 Å². The Balaban J connectivity index is 1.53. The minimum atomic E-state index is -3.46. The van der Waals surface area contributed by atoms with Gasteiger partial charge in [0.1, 0.15) is 5.75 Å². The average molecular weight is 424 g/mol. The highest BCUT2D eigenvalue weighted by Gasteiger charge is 2.36. The maximum Gasteiger partial charge on any atom is 0.281 e. The van der Waals surface area contributed by atoms with Crippen molar-refractivity contribution < 1.29 is 17.9 Å². The first kappa shape index (κ1) is 22.1. The number of hydrogen-bond donors (Lipinski definition) is 1. The zero-order valence-corrected chi connectivity index (χ0v) is 18.3. The van der Waals surface area contributed by atoms with Crippen molar-refractivity contribution in [3.63, 3.8) is 0 Å². The van der Waals surface area contributed by atoms with Crippen molar-refractivity contribution in [3.8, 4) is 5.75 Å². The molecular formula is C21H33N3O4S. The zero-order valence-electron chi connectivity index (χ0n) is 17.5. The van der Waals surface area contributed by atoms with E-state index in [2.05, 4.69) is 5.32 Å². The van der Waals surface area contributed by atoms with Crippen molar-refractivity contribution >= 4 is 16.1 Å². The molecule has 0 aromatic heterocycles. The second kappa shape index (κ2) is 9.91. The lowest BCUT2D eigenvalue weighted by Crippen LogP contribution is -2.51. The molecule has 29 heavy (non-hydrogen) atoms. The van der Waals surface area contributed by atoms with Crippen LogP contribution in [0.25, 0.3) is 0 Å². The summed E-state index contributed by atoms with van der Waals surface area (Å²) in [5, 5.41) is 2.97. The fourth-order valence-corrected chi connectivity index (χ4v) is 5.69. The van der Waals surface area contributed by atoms with Crippen molar-refractivity contribution in [2.24, 2.45) is 5.92 Å². The van der Waals surface area contributed by atoms with Gasteiger partial charge in [-0.3, -0.25) is 4.79 Å². The van der Waals surface area contributed by atoms with E-state index in [0.29, 0.717) is 32.6 Å². The van der Waals surface area contributed by atoms with Crippen LogP contribution in [0.15, 0.2) is 24.3 Å². The minimum absolute atomic E-state index is 0.0777. The molecule has 0 bridgehead atoms. The first-order valence-corrected chi connectivity index (χ1v) is 12.0. The molecule has 2 aliphatic heterocycles. The van der Waals surface area contributed by atoms with E-state index in [0.717, 1.165) is 37.0 Å². The summed E-state index contributed by atoms with van der Waals surface area (Å²) in [4.78, 5) is 12.7. The topological polar surface area (TPSA) is 79.0 Å². The lowest BCUT2D eigenvalue weighted by Gasteiger charge is -2.36. The molecule has 2 fully saturated rings. The Labute approximate surface area is 174 Å². The lowest BCUT2D eigenvalue weighted by atomic mass is 9.99. The van der Waals surface area contributed by atoms with Gasteiger partial charge in [-0.05, 0) is 57.2 Å². The monoisotopic (exact) mass is 423 g/mol. The Kier molecular flexibility index (Phi) is 7.54. The van der Waals surface area contributed by atoms with E-state index in [-0.39, 0.29) is 24.5 Å². The molecule has 0 saturated carbocycles. The van der Waals surface area contributed by atoms with E-state index in [1.807, 2.05) is 38.1 Å². The Morgan fingerprint density at radius 3 is 2.38 bits per heavy atom. The average Bonchev–Trinajstić information content (AvgIpc) is 2.73. The number of hydrogen-bond acceptors (Lipinski definition) is 4. The molecule has 0 radical (unpaired) electrons. The van der Waals surface area contributed by atoms with E-state index in [9.17, 15) is 13.2 Å². The van der Waals surface area contributed by atoms with Crippen LogP contribution in [0.5, 0.6) is 5.75 Å². The van der Waals surface area contributed by atoms with Crippen molar-refractivity contribution in [3.05, 3.63) is 29.8 Å². The number of piperidine rings is 2. The third-order valence-electron chi connectivity index (χ3n) is 5.48. The summed E-state index contributed by atoms with van der Waals surface area (Å²) >= 11 is 0. The number of nitrogens with one attached hydrogen (secondary N) is 1. The van der Waals surface area contributed by atoms with Crippen LogP contribution in [0.2, 0.25) is 0 Å². The second-order valence-corrected chi connectivity index (χ2v) is 10.1. The first-order chi connectivity index (χ1) is 13.9. The third-order valence-corrected chi connectivity index (χ3v) is 7.49. The smallest absolute Gasteiger partial charge is 0.281 e. The normalized spacial score (nSPS) is 21.8. The number of amides is 1. The predicted octanol–water partition coefficient (Wildman–Crippen LogP) is 2.53. The lowest BCUT2D eigenvalue weighted by molar-refractivity contribution is -0.126. The van der Waals surface area contributed by atoms with Crippen LogP contribution in [0.3, 0.4) is 0 Å². The molecule has 0 spiro atoms. The Morgan fingerprint density at radius 2 is 1.72 bits per heavy atom. The standard InChI is InChI=1S/C21H33N3O4S/c1-17(2)28-20-10-8-18(9-11-20)15-22-21(25)19-7-6-14-24(16-19)29(26,27)23-12-4-3-5-13-23/h8-11,17,19H,3-7,12-16H2,1-2H3,(H,22,25). The van der Waals surface area contributed by atoms with Crippen molar-refractivity contribution in [2.75, 3.05) is 26.2 Å². The van der Waals surface area contributed by atoms with Crippen LogP contribution in [0.1, 0.15) is 51.5 Å². The summed E-state index contributed by atoms with van der Waals surface area (Å²) in [5.41, 5.74) is 0.989. The van der Waals surface area contributed by atoms with Crippen LogP contribution < -0.4 is 10.1 Å². The molecule has 1 aromatic rings. The van der Waals surface area contributed by atoms with Gasteiger partial charge in [-0.1, -0.05) is 18.6 Å². The Bertz CT molecular complexity index is 774. The molecule has 3 rings (SSSR count). The van der Waals surface area contributed by atoms with Gasteiger partial charge in [0.2, 0.25) is 5.91 Å². The highest BCUT2D eigenvalue weighted by Crippen LogP contribution is 2.23. The number of rotatable bonds is 7. The van der Waals surface area contributed by atoms with Gasteiger partial charge in [0, 0.05) is 32.7 Å². The summed E-state index contributed by atoms with van der Waals surface area (Å²) in [5.74, 6) is 0.429.